The molecule has 0 spiro atoms. The Morgan fingerprint density at radius 2 is 2.00 bits per heavy atom. The lowest BCUT2D eigenvalue weighted by molar-refractivity contribution is 0.0303. The van der Waals surface area contributed by atoms with Gasteiger partial charge in [-0.25, -0.2) is 0 Å². The Kier molecular flexibility index (Phi) is 4.15. The molecule has 126 valence electrons. The molecule has 3 aromatic rings. The Bertz CT molecular complexity index is 919. The number of benzene rings is 1. The van der Waals surface area contributed by atoms with Gasteiger partial charge in [-0.2, -0.15) is 0 Å². The van der Waals surface area contributed by atoms with Crippen molar-refractivity contribution in [2.24, 2.45) is 0 Å². The maximum absolute atomic E-state index is 12.8. The standard InChI is InChI=1S/C20H19N3O2/c1-14-11-17(16-3-2-6-21-13-16)18-12-15(4-5-19(18)22-14)20(24)23-7-9-25-10-8-23/h2-6,11-13H,7-10H2,1H3. The Hall–Kier alpha value is -2.79. The largest absolute Gasteiger partial charge is 0.378 e. The van der Waals surface area contributed by atoms with E-state index in [9.17, 15) is 4.79 Å². The molecule has 4 rings (SSSR count). The van der Waals surface area contributed by atoms with Gasteiger partial charge in [-0.15, -0.1) is 0 Å². The number of hydrogen-bond donors (Lipinski definition) is 0. The van der Waals surface area contributed by atoms with Crippen molar-refractivity contribution in [3.8, 4) is 11.1 Å². The van der Waals surface area contributed by atoms with Gasteiger partial charge in [0.15, 0.2) is 0 Å². The summed E-state index contributed by atoms with van der Waals surface area (Å²) >= 11 is 0. The van der Waals surface area contributed by atoms with Crippen LogP contribution in [0.25, 0.3) is 22.0 Å². The number of rotatable bonds is 2. The van der Waals surface area contributed by atoms with Gasteiger partial charge in [0.25, 0.3) is 5.91 Å². The maximum atomic E-state index is 12.8. The van der Waals surface area contributed by atoms with Gasteiger partial charge in [0.2, 0.25) is 0 Å². The van der Waals surface area contributed by atoms with Gasteiger partial charge in [0.1, 0.15) is 0 Å². The van der Waals surface area contributed by atoms with Crippen LogP contribution in [0.2, 0.25) is 0 Å². The van der Waals surface area contributed by atoms with Crippen LogP contribution in [0, 0.1) is 6.92 Å². The lowest BCUT2D eigenvalue weighted by Gasteiger charge is -2.27. The zero-order valence-corrected chi connectivity index (χ0v) is 14.1. The second kappa shape index (κ2) is 6.61. The number of aryl methyl sites for hydroxylation is 1. The molecule has 0 atom stereocenters. The Labute approximate surface area is 146 Å². The second-order valence-corrected chi connectivity index (χ2v) is 6.19. The molecule has 5 heteroatoms. The highest BCUT2D eigenvalue weighted by atomic mass is 16.5. The van der Waals surface area contributed by atoms with Gasteiger partial charge in [-0.3, -0.25) is 14.8 Å². The van der Waals surface area contributed by atoms with Crippen molar-refractivity contribution in [2.75, 3.05) is 26.3 Å². The zero-order chi connectivity index (χ0) is 17.2. The highest BCUT2D eigenvalue weighted by Crippen LogP contribution is 2.29. The van der Waals surface area contributed by atoms with E-state index in [0.717, 1.165) is 27.7 Å². The van der Waals surface area contributed by atoms with Gasteiger partial charge in [0, 0.05) is 47.7 Å². The van der Waals surface area contributed by atoms with E-state index in [1.807, 2.05) is 54.4 Å². The minimum Gasteiger partial charge on any atom is -0.378 e. The number of pyridine rings is 2. The van der Waals surface area contributed by atoms with Crippen molar-refractivity contribution in [3.05, 3.63) is 60.0 Å². The Morgan fingerprint density at radius 3 is 2.76 bits per heavy atom. The zero-order valence-electron chi connectivity index (χ0n) is 14.1. The predicted octanol–water partition coefficient (Wildman–Crippen LogP) is 3.08. The van der Waals surface area contributed by atoms with Crippen LogP contribution in [-0.4, -0.2) is 47.1 Å². The first kappa shape index (κ1) is 15.7. The summed E-state index contributed by atoms with van der Waals surface area (Å²) in [6.45, 7) is 4.45. The minimum absolute atomic E-state index is 0.0444. The van der Waals surface area contributed by atoms with Gasteiger partial charge >= 0.3 is 0 Å². The molecule has 0 bridgehead atoms. The molecular formula is C20H19N3O2. The molecule has 1 aromatic carbocycles. The van der Waals surface area contributed by atoms with Crippen LogP contribution < -0.4 is 0 Å². The molecular weight excluding hydrogens is 314 g/mol. The molecule has 0 aliphatic carbocycles. The van der Waals surface area contributed by atoms with Gasteiger partial charge in [-0.1, -0.05) is 6.07 Å². The molecule has 0 saturated carbocycles. The summed E-state index contributed by atoms with van der Waals surface area (Å²) in [5, 5.41) is 0.970. The number of nitrogens with zero attached hydrogens (tertiary/aromatic N) is 3. The molecule has 0 radical (unpaired) electrons. The molecule has 2 aromatic heterocycles. The minimum atomic E-state index is 0.0444. The molecule has 0 N–H and O–H groups in total. The summed E-state index contributed by atoms with van der Waals surface area (Å²) in [5.41, 5.74) is 4.59. The number of amides is 1. The van der Waals surface area contributed by atoms with E-state index in [0.29, 0.717) is 31.9 Å². The summed E-state index contributed by atoms with van der Waals surface area (Å²) in [6.07, 6.45) is 3.60. The predicted molar refractivity (Wildman–Crippen MR) is 96.4 cm³/mol. The molecule has 1 aliphatic rings. The van der Waals surface area contributed by atoms with E-state index in [4.69, 9.17) is 4.74 Å². The van der Waals surface area contributed by atoms with Gasteiger partial charge in [0.05, 0.1) is 18.7 Å². The first-order chi connectivity index (χ1) is 12.2. The van der Waals surface area contributed by atoms with Crippen LogP contribution in [0.1, 0.15) is 16.1 Å². The number of carbonyl (C=O) groups is 1. The van der Waals surface area contributed by atoms with E-state index in [2.05, 4.69) is 9.97 Å². The topological polar surface area (TPSA) is 55.3 Å². The molecule has 1 amide bonds. The fourth-order valence-corrected chi connectivity index (χ4v) is 3.20. The number of morpholine rings is 1. The molecule has 3 heterocycles. The van der Waals surface area contributed by atoms with Crippen molar-refractivity contribution in [1.29, 1.82) is 0 Å². The fourth-order valence-electron chi connectivity index (χ4n) is 3.20. The Balaban J connectivity index is 1.81. The van der Waals surface area contributed by atoms with Crippen LogP contribution >= 0.6 is 0 Å². The SMILES string of the molecule is Cc1cc(-c2cccnc2)c2cc(C(=O)N3CCOCC3)ccc2n1. The van der Waals surface area contributed by atoms with Crippen LogP contribution in [0.5, 0.6) is 0 Å². The van der Waals surface area contributed by atoms with E-state index < -0.39 is 0 Å². The van der Waals surface area contributed by atoms with E-state index in [-0.39, 0.29) is 5.91 Å². The van der Waals surface area contributed by atoms with Crippen molar-refractivity contribution in [1.82, 2.24) is 14.9 Å². The van der Waals surface area contributed by atoms with Crippen LogP contribution in [0.4, 0.5) is 0 Å². The van der Waals surface area contributed by atoms with Crippen LogP contribution in [0.15, 0.2) is 48.8 Å². The van der Waals surface area contributed by atoms with Crippen molar-refractivity contribution in [3.63, 3.8) is 0 Å². The van der Waals surface area contributed by atoms with E-state index in [1.165, 1.54) is 0 Å². The normalized spacial score (nSPS) is 14.7. The summed E-state index contributed by atoms with van der Waals surface area (Å²) in [7, 11) is 0. The van der Waals surface area contributed by atoms with E-state index in [1.54, 1.807) is 6.20 Å². The highest BCUT2D eigenvalue weighted by molar-refractivity contribution is 6.02. The average molecular weight is 333 g/mol. The molecule has 1 saturated heterocycles. The maximum Gasteiger partial charge on any atom is 0.254 e. The van der Waals surface area contributed by atoms with E-state index >= 15 is 0 Å². The second-order valence-electron chi connectivity index (χ2n) is 6.19. The third-order valence-electron chi connectivity index (χ3n) is 4.45. The lowest BCUT2D eigenvalue weighted by Crippen LogP contribution is -2.40. The first-order valence-corrected chi connectivity index (χ1v) is 8.41. The summed E-state index contributed by atoms with van der Waals surface area (Å²) in [6, 6.07) is 11.7. The van der Waals surface area contributed by atoms with Crippen molar-refractivity contribution >= 4 is 16.8 Å². The number of fused-ring (bicyclic) bond motifs is 1. The van der Waals surface area contributed by atoms with Crippen LogP contribution in [0.3, 0.4) is 0 Å². The first-order valence-electron chi connectivity index (χ1n) is 8.41. The molecule has 1 aliphatic heterocycles. The summed E-state index contributed by atoms with van der Waals surface area (Å²) in [5.74, 6) is 0.0444. The molecule has 5 nitrogen and oxygen atoms in total. The fraction of sp³-hybridized carbons (Fsp3) is 0.250. The van der Waals surface area contributed by atoms with Crippen molar-refractivity contribution in [2.45, 2.75) is 6.92 Å². The number of aromatic nitrogens is 2. The lowest BCUT2D eigenvalue weighted by atomic mass is 9.99. The number of hydrogen-bond acceptors (Lipinski definition) is 4. The highest BCUT2D eigenvalue weighted by Gasteiger charge is 2.19. The average Bonchev–Trinajstić information content (AvgIpc) is 2.68. The number of carbonyl (C=O) groups excluding carboxylic acids is 1. The third-order valence-corrected chi connectivity index (χ3v) is 4.45. The van der Waals surface area contributed by atoms with Gasteiger partial charge < -0.3 is 9.64 Å². The Morgan fingerprint density at radius 1 is 1.16 bits per heavy atom. The number of ether oxygens (including phenoxy) is 1. The summed E-state index contributed by atoms with van der Waals surface area (Å²) < 4.78 is 5.34. The smallest absolute Gasteiger partial charge is 0.254 e. The third kappa shape index (κ3) is 3.10. The molecule has 1 fully saturated rings. The van der Waals surface area contributed by atoms with Crippen molar-refractivity contribution < 1.29 is 9.53 Å². The summed E-state index contributed by atoms with van der Waals surface area (Å²) in [4.78, 5) is 23.5. The molecule has 25 heavy (non-hydrogen) atoms. The quantitative estimate of drug-likeness (QED) is 0.723. The van der Waals surface area contributed by atoms with Gasteiger partial charge in [-0.05, 0) is 42.8 Å². The van der Waals surface area contributed by atoms with Crippen LogP contribution in [-0.2, 0) is 4.74 Å². The molecule has 0 unspecified atom stereocenters. The monoisotopic (exact) mass is 333 g/mol.